The minimum absolute atomic E-state index is 0.120. The Kier molecular flexibility index (Phi) is 4.36. The third kappa shape index (κ3) is 3.43. The summed E-state index contributed by atoms with van der Waals surface area (Å²) in [4.78, 5) is 0. The molecule has 5 heteroatoms. The third-order valence-electron chi connectivity index (χ3n) is 3.37. The molecule has 2 N–H and O–H groups in total. The Bertz CT molecular complexity index is 335. The number of hydrogen-bond acceptors (Lipinski definition) is 5. The van der Waals surface area contributed by atoms with Crippen LogP contribution in [0.5, 0.6) is 0 Å². The molecule has 0 bridgehead atoms. The van der Waals surface area contributed by atoms with Crippen molar-refractivity contribution in [1.29, 1.82) is 0 Å². The summed E-state index contributed by atoms with van der Waals surface area (Å²) in [6, 6.07) is 0.666. The van der Waals surface area contributed by atoms with Crippen molar-refractivity contribution >= 4 is 6.01 Å². The van der Waals surface area contributed by atoms with Gasteiger partial charge in [-0.3, -0.25) is 0 Å². The van der Waals surface area contributed by atoms with Crippen LogP contribution in [0.2, 0.25) is 0 Å². The van der Waals surface area contributed by atoms with Crippen LogP contribution in [-0.2, 0) is 0 Å². The number of hydrogen-bond donors (Lipinski definition) is 2. The van der Waals surface area contributed by atoms with Crippen LogP contribution in [0.3, 0.4) is 0 Å². The average molecular weight is 238 g/mol. The second-order valence-electron chi connectivity index (χ2n) is 4.74. The van der Waals surface area contributed by atoms with Gasteiger partial charge < -0.3 is 15.1 Å². The molecule has 1 aromatic heterocycles. The first-order chi connectivity index (χ1) is 8.29. The number of aromatic nitrogens is 2. The molecule has 0 spiro atoms. The molecule has 0 saturated heterocycles. The Labute approximate surface area is 102 Å². The molecule has 2 rings (SSSR count). The molecule has 1 atom stereocenters. The van der Waals surface area contributed by atoms with E-state index in [1.807, 2.05) is 6.92 Å². The van der Waals surface area contributed by atoms with Gasteiger partial charge in [-0.2, -0.15) is 0 Å². The molecule has 0 aliphatic heterocycles. The summed E-state index contributed by atoms with van der Waals surface area (Å²) in [7, 11) is 0. The van der Waals surface area contributed by atoms with E-state index < -0.39 is 0 Å². The van der Waals surface area contributed by atoms with Crippen LogP contribution in [-0.4, -0.2) is 23.3 Å². The van der Waals surface area contributed by atoms with Gasteiger partial charge in [-0.1, -0.05) is 31.3 Å². The van der Waals surface area contributed by atoms with Gasteiger partial charge in [0.15, 0.2) is 0 Å². The van der Waals surface area contributed by atoms with E-state index in [1.54, 1.807) is 0 Å². The smallest absolute Gasteiger partial charge is 0.315 e. The Morgan fingerprint density at radius 1 is 1.41 bits per heavy atom. The van der Waals surface area contributed by atoms with Crippen molar-refractivity contribution in [2.45, 2.75) is 45.6 Å². The van der Waals surface area contributed by atoms with Crippen LogP contribution in [0.25, 0.3) is 0 Å². The molecule has 1 heterocycles. The molecule has 17 heavy (non-hydrogen) atoms. The van der Waals surface area contributed by atoms with Crippen molar-refractivity contribution < 1.29 is 4.42 Å². The third-order valence-corrected chi connectivity index (χ3v) is 3.37. The minimum Gasteiger partial charge on any atom is -0.406 e. The van der Waals surface area contributed by atoms with Crippen LogP contribution >= 0.6 is 0 Å². The van der Waals surface area contributed by atoms with Crippen molar-refractivity contribution in [2.24, 2.45) is 5.92 Å². The van der Waals surface area contributed by atoms with Crippen LogP contribution in [0.15, 0.2) is 4.42 Å². The highest BCUT2D eigenvalue weighted by Gasteiger charge is 2.17. The normalized spacial score (nSPS) is 17.8. The van der Waals surface area contributed by atoms with E-state index in [0.717, 1.165) is 19.0 Å². The van der Waals surface area contributed by atoms with Gasteiger partial charge in [0.1, 0.15) is 0 Å². The second kappa shape index (κ2) is 6.00. The zero-order chi connectivity index (χ0) is 12.1. The van der Waals surface area contributed by atoms with E-state index in [-0.39, 0.29) is 6.04 Å². The Balaban J connectivity index is 1.73. The van der Waals surface area contributed by atoms with E-state index in [0.29, 0.717) is 11.9 Å². The summed E-state index contributed by atoms with van der Waals surface area (Å²) in [6.07, 6.45) is 5.37. The van der Waals surface area contributed by atoms with E-state index in [9.17, 15) is 0 Å². The fraction of sp³-hybridized carbons (Fsp3) is 0.833. The lowest BCUT2D eigenvalue weighted by atomic mass is 9.83. The average Bonchev–Trinajstić information content (AvgIpc) is 2.71. The summed E-state index contributed by atoms with van der Waals surface area (Å²) < 4.78 is 5.54. The summed E-state index contributed by atoms with van der Waals surface area (Å²) in [5.41, 5.74) is 0. The van der Waals surface area contributed by atoms with Crippen molar-refractivity contribution in [2.75, 3.05) is 18.4 Å². The molecule has 0 radical (unpaired) electrons. The SMILES string of the molecule is CCNC(C)c1nnc(NCCC2CCC2)o1. The Morgan fingerprint density at radius 3 is 2.88 bits per heavy atom. The monoisotopic (exact) mass is 238 g/mol. The highest BCUT2D eigenvalue weighted by Crippen LogP contribution is 2.29. The molecular formula is C12H22N4O. The second-order valence-corrected chi connectivity index (χ2v) is 4.74. The molecule has 1 unspecified atom stereocenters. The van der Waals surface area contributed by atoms with Gasteiger partial charge in [-0.05, 0) is 25.8 Å². The van der Waals surface area contributed by atoms with E-state index >= 15 is 0 Å². The standard InChI is InChI=1S/C12H22N4O/c1-3-13-9(2)11-15-16-12(17-11)14-8-7-10-5-4-6-10/h9-10,13H,3-8H2,1-2H3,(H,14,16). The van der Waals surface area contributed by atoms with Crippen molar-refractivity contribution in [3.05, 3.63) is 5.89 Å². The van der Waals surface area contributed by atoms with E-state index in [4.69, 9.17) is 4.42 Å². The van der Waals surface area contributed by atoms with Gasteiger partial charge >= 0.3 is 6.01 Å². The zero-order valence-electron chi connectivity index (χ0n) is 10.7. The minimum atomic E-state index is 0.120. The van der Waals surface area contributed by atoms with Crippen LogP contribution in [0, 0.1) is 5.92 Å². The molecular weight excluding hydrogens is 216 g/mol. The molecule has 1 aliphatic carbocycles. The molecule has 5 nitrogen and oxygen atoms in total. The summed E-state index contributed by atoms with van der Waals surface area (Å²) in [6.45, 7) is 5.91. The number of nitrogens with zero attached hydrogens (tertiary/aromatic N) is 2. The lowest BCUT2D eigenvalue weighted by molar-refractivity contribution is 0.302. The van der Waals surface area contributed by atoms with E-state index in [1.165, 1.54) is 25.7 Å². The van der Waals surface area contributed by atoms with Gasteiger partial charge in [-0.15, -0.1) is 5.10 Å². The van der Waals surface area contributed by atoms with Gasteiger partial charge in [0.2, 0.25) is 5.89 Å². The van der Waals surface area contributed by atoms with Crippen LogP contribution < -0.4 is 10.6 Å². The largest absolute Gasteiger partial charge is 0.406 e. The predicted octanol–water partition coefficient (Wildman–Crippen LogP) is 2.34. The fourth-order valence-electron chi connectivity index (χ4n) is 2.04. The van der Waals surface area contributed by atoms with Crippen LogP contribution in [0.1, 0.15) is 51.5 Å². The molecule has 1 aliphatic rings. The maximum Gasteiger partial charge on any atom is 0.315 e. The molecule has 1 aromatic rings. The lowest BCUT2D eigenvalue weighted by Gasteiger charge is -2.24. The number of rotatable bonds is 7. The molecule has 96 valence electrons. The van der Waals surface area contributed by atoms with Gasteiger partial charge in [0.25, 0.3) is 0 Å². The van der Waals surface area contributed by atoms with Crippen molar-refractivity contribution in [1.82, 2.24) is 15.5 Å². The zero-order valence-corrected chi connectivity index (χ0v) is 10.7. The highest BCUT2D eigenvalue weighted by atomic mass is 16.4. The molecule has 0 amide bonds. The summed E-state index contributed by atoms with van der Waals surface area (Å²) in [5, 5.41) is 14.5. The fourth-order valence-corrected chi connectivity index (χ4v) is 2.04. The van der Waals surface area contributed by atoms with Gasteiger partial charge in [0.05, 0.1) is 6.04 Å². The first kappa shape index (κ1) is 12.4. The first-order valence-corrected chi connectivity index (χ1v) is 6.60. The Morgan fingerprint density at radius 2 is 2.24 bits per heavy atom. The van der Waals surface area contributed by atoms with E-state index in [2.05, 4.69) is 27.8 Å². The topological polar surface area (TPSA) is 63.0 Å². The lowest BCUT2D eigenvalue weighted by Crippen LogP contribution is -2.17. The van der Waals surface area contributed by atoms with Crippen LogP contribution in [0.4, 0.5) is 6.01 Å². The van der Waals surface area contributed by atoms with Gasteiger partial charge in [-0.25, -0.2) is 0 Å². The van der Waals surface area contributed by atoms with Gasteiger partial charge in [0, 0.05) is 6.54 Å². The number of anilines is 1. The first-order valence-electron chi connectivity index (χ1n) is 6.60. The Hall–Kier alpha value is -1.10. The predicted molar refractivity (Wildman–Crippen MR) is 66.8 cm³/mol. The maximum atomic E-state index is 5.54. The molecule has 1 saturated carbocycles. The summed E-state index contributed by atoms with van der Waals surface area (Å²) in [5.74, 6) is 1.56. The molecule has 0 aromatic carbocycles. The molecule has 1 fully saturated rings. The number of nitrogens with one attached hydrogen (secondary N) is 2. The quantitative estimate of drug-likeness (QED) is 0.763. The highest BCUT2D eigenvalue weighted by molar-refractivity contribution is 5.17. The van der Waals surface area contributed by atoms with Crippen molar-refractivity contribution in [3.63, 3.8) is 0 Å². The van der Waals surface area contributed by atoms with Crippen molar-refractivity contribution in [3.8, 4) is 0 Å². The summed E-state index contributed by atoms with van der Waals surface area (Å²) >= 11 is 0. The maximum absolute atomic E-state index is 5.54.